The summed E-state index contributed by atoms with van der Waals surface area (Å²) in [7, 11) is 0. The van der Waals surface area contributed by atoms with Crippen molar-refractivity contribution in [2.24, 2.45) is 5.41 Å². The first-order chi connectivity index (χ1) is 23.3. The van der Waals surface area contributed by atoms with Crippen molar-refractivity contribution in [3.8, 4) is 23.2 Å². The standard InChI is InChI=1S/C34H37FN10O3/c1-34(2)20-45(32(46)28-9-10-39-42-28)17-27(35)30(34)48-29-8-3-22(15-23(29)16-36)31-37-21-38-33(41-31)40-24-4-6-25(7-5-24)43-11-13-44(14-12-43)26-18-47-19-26/h3-10,15,21,26-27,30H,11-14,17-20H2,1-2H3,(H,39,42)(H,37,38,40,41)/t27-,30-/m1/s1. The van der Waals surface area contributed by atoms with E-state index in [1.807, 2.05) is 26.0 Å². The molecule has 1 amide bonds. The van der Waals surface area contributed by atoms with Crippen LogP contribution in [0.2, 0.25) is 0 Å². The van der Waals surface area contributed by atoms with Gasteiger partial charge in [0, 0.05) is 61.3 Å². The zero-order valence-corrected chi connectivity index (χ0v) is 26.8. The lowest BCUT2D eigenvalue weighted by Gasteiger charge is -2.45. The zero-order chi connectivity index (χ0) is 33.3. The Balaban J connectivity index is 0.998. The number of rotatable bonds is 8. The SMILES string of the molecule is CC1(C)CN(C(=O)c2ccn[nH]2)C[C@@H](F)[C@H]1Oc1ccc(-c2ncnc(Nc3ccc(N4CCN(C5COC5)CC4)cc3)n2)cc1C#N. The van der Waals surface area contributed by atoms with E-state index in [-0.39, 0.29) is 30.3 Å². The minimum Gasteiger partial charge on any atom is -0.485 e. The number of nitrogens with zero attached hydrogens (tertiary/aromatic N) is 8. The highest BCUT2D eigenvalue weighted by Crippen LogP contribution is 2.36. The number of aromatic nitrogens is 5. The molecular formula is C34H37FN10O3. The van der Waals surface area contributed by atoms with Crippen molar-refractivity contribution in [3.05, 3.63) is 72.3 Å². The van der Waals surface area contributed by atoms with E-state index in [0.717, 1.165) is 45.1 Å². The number of carbonyl (C=O) groups excluding carboxylic acids is 1. The summed E-state index contributed by atoms with van der Waals surface area (Å²) in [6, 6.07) is 17.5. The number of hydrogen-bond donors (Lipinski definition) is 2. The second-order valence-corrected chi connectivity index (χ2v) is 13.0. The number of H-pyrrole nitrogens is 1. The second kappa shape index (κ2) is 13.2. The predicted octanol–water partition coefficient (Wildman–Crippen LogP) is 3.67. The molecule has 13 nitrogen and oxygen atoms in total. The lowest BCUT2D eigenvalue weighted by atomic mass is 9.80. The van der Waals surface area contributed by atoms with Crippen molar-refractivity contribution in [1.82, 2.24) is 34.9 Å². The number of nitriles is 1. The fourth-order valence-electron chi connectivity index (χ4n) is 6.53. The topological polar surface area (TPSA) is 148 Å². The van der Waals surface area contributed by atoms with E-state index in [4.69, 9.17) is 9.47 Å². The van der Waals surface area contributed by atoms with Gasteiger partial charge in [-0.3, -0.25) is 14.8 Å². The molecule has 5 heterocycles. The quantitative estimate of drug-likeness (QED) is 0.287. The molecule has 48 heavy (non-hydrogen) atoms. The molecule has 14 heteroatoms. The Labute approximate surface area is 277 Å². The molecule has 0 bridgehead atoms. The average molecular weight is 653 g/mol. The number of benzene rings is 2. The van der Waals surface area contributed by atoms with Crippen molar-refractivity contribution in [2.75, 3.05) is 62.7 Å². The number of piperazine rings is 1. The third-order valence-corrected chi connectivity index (χ3v) is 9.23. The Morgan fingerprint density at radius 2 is 1.90 bits per heavy atom. The van der Waals surface area contributed by atoms with Crippen LogP contribution in [-0.2, 0) is 4.74 Å². The van der Waals surface area contributed by atoms with Crippen LogP contribution >= 0.6 is 0 Å². The van der Waals surface area contributed by atoms with Gasteiger partial charge in [0.25, 0.3) is 5.91 Å². The molecule has 2 aromatic carbocycles. The molecule has 2 N–H and O–H groups in total. The van der Waals surface area contributed by atoms with Gasteiger partial charge in [-0.05, 0) is 48.5 Å². The summed E-state index contributed by atoms with van der Waals surface area (Å²) in [6.45, 7) is 9.54. The monoisotopic (exact) mass is 652 g/mol. The Hall–Kier alpha value is -5.13. The first-order valence-corrected chi connectivity index (χ1v) is 16.0. The van der Waals surface area contributed by atoms with Gasteiger partial charge in [-0.15, -0.1) is 0 Å². The van der Waals surface area contributed by atoms with Crippen molar-refractivity contribution in [1.29, 1.82) is 5.26 Å². The summed E-state index contributed by atoms with van der Waals surface area (Å²) >= 11 is 0. The molecule has 2 atom stereocenters. The highest BCUT2D eigenvalue weighted by molar-refractivity contribution is 5.92. The Kier molecular flexibility index (Phi) is 8.63. The van der Waals surface area contributed by atoms with E-state index in [9.17, 15) is 10.1 Å². The normalized spacial score (nSPS) is 21.3. The third kappa shape index (κ3) is 6.51. The maximum absolute atomic E-state index is 15.6. The van der Waals surface area contributed by atoms with Crippen LogP contribution in [0.25, 0.3) is 11.4 Å². The fourth-order valence-corrected chi connectivity index (χ4v) is 6.53. The van der Waals surface area contributed by atoms with Gasteiger partial charge in [0.15, 0.2) is 12.0 Å². The van der Waals surface area contributed by atoms with Crippen LogP contribution in [0.5, 0.6) is 5.75 Å². The molecule has 0 spiro atoms. The molecular weight excluding hydrogens is 615 g/mol. The van der Waals surface area contributed by atoms with Gasteiger partial charge in [0.05, 0.1) is 31.4 Å². The van der Waals surface area contributed by atoms with Gasteiger partial charge in [0.1, 0.15) is 29.9 Å². The van der Waals surface area contributed by atoms with E-state index in [1.54, 1.807) is 24.3 Å². The van der Waals surface area contributed by atoms with Crippen molar-refractivity contribution in [3.63, 3.8) is 0 Å². The van der Waals surface area contributed by atoms with Crippen LogP contribution < -0.4 is 15.0 Å². The number of hydrogen-bond acceptors (Lipinski definition) is 11. The van der Waals surface area contributed by atoms with Crippen LogP contribution in [-0.4, -0.2) is 112 Å². The van der Waals surface area contributed by atoms with Gasteiger partial charge in [-0.1, -0.05) is 13.8 Å². The summed E-state index contributed by atoms with van der Waals surface area (Å²) < 4.78 is 27.1. The molecule has 4 aromatic rings. The number of likely N-dealkylation sites (tertiary alicyclic amines) is 1. The number of ether oxygens (including phenoxy) is 2. The Morgan fingerprint density at radius 3 is 2.56 bits per heavy atom. The van der Waals surface area contributed by atoms with Crippen LogP contribution in [0.1, 0.15) is 29.9 Å². The number of amides is 1. The highest BCUT2D eigenvalue weighted by Gasteiger charge is 2.46. The average Bonchev–Trinajstić information content (AvgIpc) is 3.61. The van der Waals surface area contributed by atoms with Crippen LogP contribution in [0.4, 0.5) is 21.7 Å². The van der Waals surface area contributed by atoms with Gasteiger partial charge in [-0.2, -0.15) is 15.3 Å². The highest BCUT2D eigenvalue weighted by atomic mass is 19.1. The number of alkyl halides is 1. The molecule has 248 valence electrons. The van der Waals surface area contributed by atoms with E-state index in [1.165, 1.54) is 23.1 Å². The molecule has 3 aliphatic heterocycles. The molecule has 3 aliphatic rings. The van der Waals surface area contributed by atoms with Crippen LogP contribution in [0.3, 0.4) is 0 Å². The zero-order valence-electron chi connectivity index (χ0n) is 26.8. The number of carbonyl (C=O) groups is 1. The second-order valence-electron chi connectivity index (χ2n) is 13.0. The molecule has 3 saturated heterocycles. The number of nitrogens with one attached hydrogen (secondary N) is 2. The van der Waals surface area contributed by atoms with E-state index < -0.39 is 17.7 Å². The van der Waals surface area contributed by atoms with Crippen LogP contribution in [0, 0.1) is 16.7 Å². The van der Waals surface area contributed by atoms with Gasteiger partial charge >= 0.3 is 0 Å². The summed E-state index contributed by atoms with van der Waals surface area (Å²) in [5.41, 5.74) is 2.37. The summed E-state index contributed by atoms with van der Waals surface area (Å²) in [5.74, 6) is 0.662. The summed E-state index contributed by atoms with van der Waals surface area (Å²) in [4.78, 5) is 32.4. The fraction of sp³-hybridized carbons (Fsp3) is 0.412. The molecule has 3 fully saturated rings. The van der Waals surface area contributed by atoms with Crippen molar-refractivity contribution < 1.29 is 18.7 Å². The minimum atomic E-state index is -1.48. The van der Waals surface area contributed by atoms with E-state index >= 15 is 4.39 Å². The number of anilines is 3. The van der Waals surface area contributed by atoms with Crippen molar-refractivity contribution >= 4 is 23.2 Å². The predicted molar refractivity (Wildman–Crippen MR) is 176 cm³/mol. The third-order valence-electron chi connectivity index (χ3n) is 9.23. The van der Waals surface area contributed by atoms with Crippen LogP contribution in [0.15, 0.2) is 61.1 Å². The van der Waals surface area contributed by atoms with E-state index in [0.29, 0.717) is 29.1 Å². The van der Waals surface area contributed by atoms with E-state index in [2.05, 4.69) is 58.5 Å². The van der Waals surface area contributed by atoms with Crippen molar-refractivity contribution in [2.45, 2.75) is 32.2 Å². The maximum Gasteiger partial charge on any atom is 0.271 e. The largest absolute Gasteiger partial charge is 0.485 e. The lowest BCUT2D eigenvalue weighted by molar-refractivity contribution is -0.0660. The number of halogens is 1. The van der Waals surface area contributed by atoms with Gasteiger partial charge in [0.2, 0.25) is 5.95 Å². The number of aromatic amines is 1. The first kappa shape index (κ1) is 31.5. The molecule has 7 rings (SSSR count). The summed E-state index contributed by atoms with van der Waals surface area (Å²) in [6.07, 6.45) is 0.538. The van der Waals surface area contributed by atoms with Gasteiger partial charge in [-0.25, -0.2) is 14.4 Å². The molecule has 0 radical (unpaired) electrons. The molecule has 2 aromatic heterocycles. The van der Waals surface area contributed by atoms with Gasteiger partial charge < -0.3 is 24.6 Å². The first-order valence-electron chi connectivity index (χ1n) is 16.0. The number of piperidine rings is 1. The molecule has 0 saturated carbocycles. The Morgan fingerprint density at radius 1 is 1.10 bits per heavy atom. The minimum absolute atomic E-state index is 0.136. The molecule has 0 aliphatic carbocycles. The maximum atomic E-state index is 15.6. The molecule has 0 unspecified atom stereocenters. The lowest BCUT2D eigenvalue weighted by Crippen LogP contribution is -2.59. The Bertz CT molecular complexity index is 1780. The summed E-state index contributed by atoms with van der Waals surface area (Å²) in [5, 5.41) is 19.7. The smallest absolute Gasteiger partial charge is 0.271 e.